The summed E-state index contributed by atoms with van der Waals surface area (Å²) in [6.07, 6.45) is 0. The zero-order chi connectivity index (χ0) is 17.2. The van der Waals surface area contributed by atoms with Gasteiger partial charge in [-0.2, -0.15) is 0 Å². The molecular weight excluding hydrogens is 336 g/mol. The first-order chi connectivity index (χ1) is 12.2. The smallest absolute Gasteiger partial charge is 0.257 e. The number of nitrogens with one attached hydrogen (secondary N) is 1. The minimum absolute atomic E-state index is 0.0970. The number of amides is 1. The van der Waals surface area contributed by atoms with E-state index in [1.54, 1.807) is 0 Å². The summed E-state index contributed by atoms with van der Waals surface area (Å²) < 4.78 is 11.4. The summed E-state index contributed by atoms with van der Waals surface area (Å²) >= 11 is 1.28. The van der Waals surface area contributed by atoms with Crippen molar-refractivity contribution >= 4 is 39.7 Å². The quantitative estimate of drug-likeness (QED) is 0.534. The highest BCUT2D eigenvalue weighted by Crippen LogP contribution is 2.25. The fourth-order valence-electron chi connectivity index (χ4n) is 2.61. The van der Waals surface area contributed by atoms with E-state index in [2.05, 4.69) is 10.3 Å². The van der Waals surface area contributed by atoms with Crippen LogP contribution < -0.4 is 5.32 Å². The predicted octanol–water partition coefficient (Wildman–Crippen LogP) is 4.54. The van der Waals surface area contributed by atoms with Crippen LogP contribution in [0.4, 0.5) is 0 Å². The molecule has 2 aromatic carbocycles. The zero-order valence-electron chi connectivity index (χ0n) is 13.6. The fraction of sp³-hybridized carbons (Fsp3) is 0.158. The Morgan fingerprint density at radius 1 is 1.12 bits per heavy atom. The Balaban J connectivity index is 1.37. The third-order valence-corrected chi connectivity index (χ3v) is 4.68. The van der Waals surface area contributed by atoms with E-state index in [4.69, 9.17) is 8.83 Å². The van der Waals surface area contributed by atoms with Gasteiger partial charge in [-0.1, -0.05) is 42.1 Å². The van der Waals surface area contributed by atoms with Crippen molar-refractivity contribution in [2.75, 3.05) is 5.75 Å². The second kappa shape index (κ2) is 6.64. The van der Waals surface area contributed by atoms with Crippen LogP contribution >= 0.6 is 11.8 Å². The molecule has 0 radical (unpaired) electrons. The third kappa shape index (κ3) is 3.39. The minimum Gasteiger partial charge on any atom is -0.459 e. The number of carbonyl (C=O) groups excluding carboxylic acids is 1. The van der Waals surface area contributed by atoms with Crippen LogP contribution in [-0.2, 0) is 4.79 Å². The molecule has 25 heavy (non-hydrogen) atoms. The van der Waals surface area contributed by atoms with Gasteiger partial charge in [0, 0.05) is 5.39 Å². The average molecular weight is 352 g/mol. The van der Waals surface area contributed by atoms with E-state index in [-0.39, 0.29) is 17.7 Å². The van der Waals surface area contributed by atoms with Crippen molar-refractivity contribution in [1.29, 1.82) is 0 Å². The van der Waals surface area contributed by atoms with E-state index in [9.17, 15) is 4.79 Å². The van der Waals surface area contributed by atoms with Gasteiger partial charge in [0.1, 0.15) is 16.9 Å². The van der Waals surface area contributed by atoms with Crippen LogP contribution in [0, 0.1) is 0 Å². The average Bonchev–Trinajstić information content (AvgIpc) is 3.23. The Hall–Kier alpha value is -2.73. The van der Waals surface area contributed by atoms with Crippen molar-refractivity contribution in [3.63, 3.8) is 0 Å². The van der Waals surface area contributed by atoms with E-state index in [0.717, 1.165) is 27.8 Å². The van der Waals surface area contributed by atoms with Gasteiger partial charge < -0.3 is 14.2 Å². The lowest BCUT2D eigenvalue weighted by Gasteiger charge is -2.10. The topological polar surface area (TPSA) is 68.3 Å². The van der Waals surface area contributed by atoms with Crippen molar-refractivity contribution in [2.24, 2.45) is 0 Å². The maximum atomic E-state index is 12.2. The van der Waals surface area contributed by atoms with Crippen molar-refractivity contribution in [3.05, 3.63) is 60.4 Å². The number of rotatable bonds is 5. The number of carbonyl (C=O) groups is 1. The van der Waals surface area contributed by atoms with Gasteiger partial charge in [0.05, 0.1) is 11.8 Å². The number of fused-ring (bicyclic) bond motifs is 2. The number of benzene rings is 2. The molecular formula is C19H16N2O3S. The molecule has 4 aromatic rings. The van der Waals surface area contributed by atoms with Gasteiger partial charge >= 0.3 is 0 Å². The first-order valence-electron chi connectivity index (χ1n) is 7.95. The van der Waals surface area contributed by atoms with Gasteiger partial charge in [0.2, 0.25) is 5.91 Å². The van der Waals surface area contributed by atoms with Crippen molar-refractivity contribution in [2.45, 2.75) is 18.2 Å². The largest absolute Gasteiger partial charge is 0.459 e. The highest BCUT2D eigenvalue weighted by atomic mass is 32.2. The molecule has 2 heterocycles. The lowest BCUT2D eigenvalue weighted by Crippen LogP contribution is -2.27. The summed E-state index contributed by atoms with van der Waals surface area (Å²) in [5, 5.41) is 4.46. The van der Waals surface area contributed by atoms with Crippen LogP contribution in [0.25, 0.3) is 22.1 Å². The first kappa shape index (κ1) is 15.8. The highest BCUT2D eigenvalue weighted by molar-refractivity contribution is 7.99. The SMILES string of the molecule is C[C@@H](NC(=O)CSc1nc2ccccc2o1)c1cc2ccccc2o1. The van der Waals surface area contributed by atoms with Gasteiger partial charge in [0.25, 0.3) is 5.22 Å². The molecule has 0 aliphatic rings. The summed E-state index contributed by atoms with van der Waals surface area (Å²) in [5.41, 5.74) is 2.33. The Labute approximate surface area is 148 Å². The molecule has 6 heteroatoms. The number of oxazole rings is 1. The fourth-order valence-corrected chi connectivity index (χ4v) is 3.26. The summed E-state index contributed by atoms with van der Waals surface area (Å²) in [5.74, 6) is 0.874. The standard InChI is InChI=1S/C19H16N2O3S/c1-12(17-10-13-6-2-4-8-15(13)23-17)20-18(22)11-25-19-21-14-7-3-5-9-16(14)24-19/h2-10,12H,11H2,1H3,(H,20,22)/t12-/m1/s1. The number of thioether (sulfide) groups is 1. The second-order valence-corrected chi connectivity index (χ2v) is 6.64. The Morgan fingerprint density at radius 3 is 2.68 bits per heavy atom. The van der Waals surface area contributed by atoms with Crippen molar-refractivity contribution in [3.8, 4) is 0 Å². The number of para-hydroxylation sites is 3. The Kier molecular flexibility index (Phi) is 4.19. The predicted molar refractivity (Wildman–Crippen MR) is 97.5 cm³/mol. The number of furan rings is 1. The van der Waals surface area contributed by atoms with Crippen LogP contribution in [0.3, 0.4) is 0 Å². The molecule has 0 saturated heterocycles. The van der Waals surface area contributed by atoms with E-state index in [1.807, 2.05) is 61.5 Å². The minimum atomic E-state index is -0.205. The Morgan fingerprint density at radius 2 is 1.88 bits per heavy atom. The molecule has 0 aliphatic heterocycles. The molecule has 1 amide bonds. The number of hydrogen-bond donors (Lipinski definition) is 1. The number of aromatic nitrogens is 1. The maximum absolute atomic E-state index is 12.2. The lowest BCUT2D eigenvalue weighted by atomic mass is 10.2. The van der Waals surface area contributed by atoms with Gasteiger partial charge in [-0.3, -0.25) is 4.79 Å². The summed E-state index contributed by atoms with van der Waals surface area (Å²) in [7, 11) is 0. The molecule has 2 aromatic heterocycles. The number of nitrogens with zero attached hydrogens (tertiary/aromatic N) is 1. The molecule has 1 atom stereocenters. The van der Waals surface area contributed by atoms with Crippen LogP contribution in [0.2, 0.25) is 0 Å². The van der Waals surface area contributed by atoms with Crippen LogP contribution in [0.5, 0.6) is 0 Å². The normalized spacial score (nSPS) is 12.5. The Bertz CT molecular complexity index is 971. The molecule has 0 spiro atoms. The van der Waals surface area contributed by atoms with Gasteiger partial charge in [-0.25, -0.2) is 4.98 Å². The van der Waals surface area contributed by atoms with Gasteiger partial charge in [-0.15, -0.1) is 0 Å². The molecule has 0 saturated carbocycles. The zero-order valence-corrected chi connectivity index (χ0v) is 14.4. The molecule has 0 fully saturated rings. The number of hydrogen-bond acceptors (Lipinski definition) is 5. The second-order valence-electron chi connectivity index (χ2n) is 5.71. The van der Waals surface area contributed by atoms with Crippen LogP contribution in [0.1, 0.15) is 18.7 Å². The third-order valence-electron chi connectivity index (χ3n) is 3.85. The van der Waals surface area contributed by atoms with Crippen LogP contribution in [0.15, 0.2) is 68.7 Å². The highest BCUT2D eigenvalue weighted by Gasteiger charge is 2.15. The molecule has 5 nitrogen and oxygen atoms in total. The van der Waals surface area contributed by atoms with Crippen molar-refractivity contribution in [1.82, 2.24) is 10.3 Å². The molecule has 4 rings (SSSR count). The summed E-state index contributed by atoms with van der Waals surface area (Å²) in [6, 6.07) is 17.1. The van der Waals surface area contributed by atoms with E-state index in [0.29, 0.717) is 5.22 Å². The molecule has 126 valence electrons. The van der Waals surface area contributed by atoms with E-state index in [1.165, 1.54) is 11.8 Å². The molecule has 0 aliphatic carbocycles. The van der Waals surface area contributed by atoms with Gasteiger partial charge in [-0.05, 0) is 31.2 Å². The molecule has 1 N–H and O–H groups in total. The van der Waals surface area contributed by atoms with E-state index >= 15 is 0 Å². The molecule has 0 bridgehead atoms. The summed E-state index contributed by atoms with van der Waals surface area (Å²) in [6.45, 7) is 1.90. The molecule has 0 unspecified atom stereocenters. The lowest BCUT2D eigenvalue weighted by molar-refractivity contribution is -0.119. The maximum Gasteiger partial charge on any atom is 0.257 e. The summed E-state index contributed by atoms with van der Waals surface area (Å²) in [4.78, 5) is 16.5. The first-order valence-corrected chi connectivity index (χ1v) is 8.94. The monoisotopic (exact) mass is 352 g/mol. The van der Waals surface area contributed by atoms with E-state index < -0.39 is 0 Å². The van der Waals surface area contributed by atoms with Crippen LogP contribution in [-0.4, -0.2) is 16.6 Å². The van der Waals surface area contributed by atoms with Gasteiger partial charge in [0.15, 0.2) is 5.58 Å². The van der Waals surface area contributed by atoms with Crippen molar-refractivity contribution < 1.29 is 13.6 Å².